The van der Waals surface area contributed by atoms with Crippen molar-refractivity contribution in [2.24, 2.45) is 5.92 Å². The third kappa shape index (κ3) is 4.94. The van der Waals surface area contributed by atoms with Gasteiger partial charge >= 0.3 is 0 Å². The average molecular weight is 517 g/mol. The number of sulfonamides is 1. The normalized spacial score (nSPS) is 25.2. The first-order chi connectivity index (χ1) is 17.3. The SMILES string of the molecule is CC(=O)N1c2ccc(S(=O)(=O)N3CCC(C(=O)N4CCC(N5CCCCC5)CC4)CC3)cc2C[C@H]1C. The Hall–Kier alpha value is -1.97. The van der Waals surface area contributed by atoms with Crippen molar-refractivity contribution in [3.05, 3.63) is 23.8 Å². The van der Waals surface area contributed by atoms with Crippen LogP contribution in [0.4, 0.5) is 5.69 Å². The lowest BCUT2D eigenvalue weighted by molar-refractivity contribution is -0.138. The molecule has 2 amide bonds. The van der Waals surface area contributed by atoms with Crippen molar-refractivity contribution in [1.82, 2.24) is 14.1 Å². The quantitative estimate of drug-likeness (QED) is 0.615. The minimum absolute atomic E-state index is 0.0284. The molecule has 3 saturated heterocycles. The fourth-order valence-electron chi connectivity index (χ4n) is 6.73. The largest absolute Gasteiger partial charge is 0.342 e. The monoisotopic (exact) mass is 516 g/mol. The summed E-state index contributed by atoms with van der Waals surface area (Å²) in [7, 11) is -3.63. The van der Waals surface area contributed by atoms with Gasteiger partial charge in [-0.05, 0) is 88.7 Å². The van der Waals surface area contributed by atoms with Gasteiger partial charge in [0.15, 0.2) is 0 Å². The van der Waals surface area contributed by atoms with Gasteiger partial charge < -0.3 is 14.7 Å². The predicted molar refractivity (Wildman–Crippen MR) is 139 cm³/mol. The maximum atomic E-state index is 13.4. The van der Waals surface area contributed by atoms with E-state index in [0.29, 0.717) is 38.4 Å². The number of fused-ring (bicyclic) bond motifs is 1. The van der Waals surface area contributed by atoms with E-state index in [-0.39, 0.29) is 28.7 Å². The zero-order valence-electron chi connectivity index (χ0n) is 21.7. The Morgan fingerprint density at radius 3 is 2.19 bits per heavy atom. The molecule has 1 aromatic carbocycles. The molecule has 0 spiro atoms. The van der Waals surface area contributed by atoms with Crippen LogP contribution in [-0.4, -0.2) is 85.7 Å². The molecular weight excluding hydrogens is 476 g/mol. The van der Waals surface area contributed by atoms with Crippen molar-refractivity contribution in [1.29, 1.82) is 0 Å². The smallest absolute Gasteiger partial charge is 0.243 e. The first-order valence-corrected chi connectivity index (χ1v) is 15.2. The summed E-state index contributed by atoms with van der Waals surface area (Å²) in [6.45, 7) is 8.30. The molecule has 0 aromatic heterocycles. The summed E-state index contributed by atoms with van der Waals surface area (Å²) in [5.74, 6) is 0.0901. The molecule has 0 radical (unpaired) electrons. The molecule has 0 aliphatic carbocycles. The summed E-state index contributed by atoms with van der Waals surface area (Å²) in [6.07, 6.45) is 7.84. The van der Waals surface area contributed by atoms with Crippen molar-refractivity contribution in [3.8, 4) is 0 Å². The number of amides is 2. The van der Waals surface area contributed by atoms with Gasteiger partial charge in [0.25, 0.3) is 0 Å². The van der Waals surface area contributed by atoms with Crippen molar-refractivity contribution < 1.29 is 18.0 Å². The predicted octanol–water partition coefficient (Wildman–Crippen LogP) is 2.86. The van der Waals surface area contributed by atoms with E-state index in [0.717, 1.165) is 37.2 Å². The summed E-state index contributed by atoms with van der Waals surface area (Å²) in [5.41, 5.74) is 1.71. The van der Waals surface area contributed by atoms with Gasteiger partial charge in [-0.2, -0.15) is 4.31 Å². The van der Waals surface area contributed by atoms with Gasteiger partial charge in [0.2, 0.25) is 21.8 Å². The van der Waals surface area contributed by atoms with E-state index in [2.05, 4.69) is 4.90 Å². The summed E-state index contributed by atoms with van der Waals surface area (Å²) in [5, 5.41) is 0. The number of hydrogen-bond acceptors (Lipinski definition) is 5. The summed E-state index contributed by atoms with van der Waals surface area (Å²) < 4.78 is 28.3. The highest BCUT2D eigenvalue weighted by atomic mass is 32.2. The fraction of sp³-hybridized carbons (Fsp3) is 0.704. The molecule has 9 heteroatoms. The van der Waals surface area contributed by atoms with E-state index in [1.807, 2.05) is 11.8 Å². The van der Waals surface area contributed by atoms with E-state index in [9.17, 15) is 18.0 Å². The van der Waals surface area contributed by atoms with Crippen LogP contribution in [0.25, 0.3) is 0 Å². The van der Waals surface area contributed by atoms with Crippen molar-refractivity contribution in [2.45, 2.75) is 82.2 Å². The van der Waals surface area contributed by atoms with Gasteiger partial charge in [0.1, 0.15) is 0 Å². The third-order valence-corrected chi connectivity index (χ3v) is 10.6. The summed E-state index contributed by atoms with van der Waals surface area (Å²) >= 11 is 0. The highest BCUT2D eigenvalue weighted by Gasteiger charge is 2.37. The van der Waals surface area contributed by atoms with Crippen LogP contribution >= 0.6 is 0 Å². The summed E-state index contributed by atoms with van der Waals surface area (Å²) in [4.78, 5) is 31.9. The van der Waals surface area contributed by atoms with Crippen LogP contribution in [0.3, 0.4) is 0 Å². The van der Waals surface area contributed by atoms with E-state index in [4.69, 9.17) is 0 Å². The van der Waals surface area contributed by atoms with Crippen LogP contribution in [0, 0.1) is 5.92 Å². The number of rotatable bonds is 4. The highest BCUT2D eigenvalue weighted by Crippen LogP contribution is 2.35. The van der Waals surface area contributed by atoms with Crippen LogP contribution in [0.5, 0.6) is 0 Å². The number of benzene rings is 1. The van der Waals surface area contributed by atoms with Gasteiger partial charge in [-0.25, -0.2) is 8.42 Å². The van der Waals surface area contributed by atoms with Gasteiger partial charge in [0.05, 0.1) is 4.90 Å². The maximum absolute atomic E-state index is 13.4. The molecule has 0 N–H and O–H groups in total. The Kier molecular flexibility index (Phi) is 7.43. The van der Waals surface area contributed by atoms with E-state index in [1.165, 1.54) is 36.7 Å². The molecule has 0 saturated carbocycles. The number of likely N-dealkylation sites (tertiary alicyclic amines) is 2. The number of carbonyl (C=O) groups excluding carboxylic acids is 2. The van der Waals surface area contributed by atoms with Crippen LogP contribution in [-0.2, 0) is 26.0 Å². The van der Waals surface area contributed by atoms with Gasteiger partial charge in [0, 0.05) is 56.8 Å². The summed E-state index contributed by atoms with van der Waals surface area (Å²) in [6, 6.07) is 5.75. The molecule has 4 heterocycles. The third-order valence-electron chi connectivity index (χ3n) is 8.73. The van der Waals surface area contributed by atoms with Crippen LogP contribution in [0.15, 0.2) is 23.1 Å². The Morgan fingerprint density at radius 1 is 0.889 bits per heavy atom. The number of hydrogen-bond donors (Lipinski definition) is 0. The van der Waals surface area contributed by atoms with Crippen LogP contribution < -0.4 is 4.90 Å². The van der Waals surface area contributed by atoms with Crippen LogP contribution in [0.1, 0.15) is 64.4 Å². The van der Waals surface area contributed by atoms with Crippen LogP contribution in [0.2, 0.25) is 0 Å². The number of nitrogens with zero attached hydrogens (tertiary/aromatic N) is 4. The van der Waals surface area contributed by atoms with E-state index in [1.54, 1.807) is 30.0 Å². The lowest BCUT2D eigenvalue weighted by Gasteiger charge is -2.41. The molecule has 0 unspecified atom stereocenters. The van der Waals surface area contributed by atoms with E-state index < -0.39 is 10.0 Å². The number of piperidine rings is 3. The highest BCUT2D eigenvalue weighted by molar-refractivity contribution is 7.89. The number of anilines is 1. The molecule has 0 bridgehead atoms. The second kappa shape index (κ2) is 10.4. The minimum atomic E-state index is -3.63. The molecule has 4 aliphatic heterocycles. The minimum Gasteiger partial charge on any atom is -0.342 e. The molecule has 1 atom stereocenters. The standard InChI is InChI=1S/C27H40N4O4S/c1-20-18-23-19-25(6-7-26(23)31(20)21(2)32)36(34,35)30-16-8-22(9-17-30)27(33)29-14-10-24(11-15-29)28-12-4-3-5-13-28/h6-7,19-20,22,24H,3-5,8-18H2,1-2H3/t20-/m1/s1. The molecule has 4 aliphatic rings. The van der Waals surface area contributed by atoms with Gasteiger partial charge in [-0.3, -0.25) is 9.59 Å². The zero-order valence-corrected chi connectivity index (χ0v) is 22.5. The lowest BCUT2D eigenvalue weighted by atomic mass is 9.94. The first-order valence-electron chi connectivity index (χ1n) is 13.7. The molecular formula is C27H40N4O4S. The Labute approximate surface area is 215 Å². The Balaban J connectivity index is 1.16. The molecule has 5 rings (SSSR count). The first kappa shape index (κ1) is 25.7. The molecule has 198 valence electrons. The second-order valence-electron chi connectivity index (χ2n) is 11.1. The molecule has 3 fully saturated rings. The van der Waals surface area contributed by atoms with Gasteiger partial charge in [-0.1, -0.05) is 6.42 Å². The molecule has 8 nitrogen and oxygen atoms in total. The van der Waals surface area contributed by atoms with Crippen molar-refractivity contribution >= 4 is 27.5 Å². The maximum Gasteiger partial charge on any atom is 0.243 e. The molecule has 1 aromatic rings. The fourth-order valence-corrected chi connectivity index (χ4v) is 8.25. The lowest BCUT2D eigenvalue weighted by Crippen LogP contribution is -2.50. The zero-order chi connectivity index (χ0) is 25.4. The van der Waals surface area contributed by atoms with E-state index >= 15 is 0 Å². The van der Waals surface area contributed by atoms with Crippen molar-refractivity contribution in [3.63, 3.8) is 0 Å². The average Bonchev–Trinajstić information content (AvgIpc) is 3.24. The van der Waals surface area contributed by atoms with Gasteiger partial charge in [-0.15, -0.1) is 0 Å². The Bertz CT molecular complexity index is 1080. The Morgan fingerprint density at radius 2 is 1.56 bits per heavy atom. The second-order valence-corrected chi connectivity index (χ2v) is 13.0. The topological polar surface area (TPSA) is 81.2 Å². The number of carbonyl (C=O) groups is 2. The molecule has 36 heavy (non-hydrogen) atoms. The van der Waals surface area contributed by atoms with Crippen molar-refractivity contribution in [2.75, 3.05) is 44.2 Å².